The number of benzene rings is 2. The van der Waals surface area contributed by atoms with E-state index in [0.29, 0.717) is 13.2 Å². The molecule has 0 aliphatic heterocycles. The number of unbranched alkanes of at least 4 members (excludes halogenated alkanes) is 3. The lowest BCUT2D eigenvalue weighted by atomic mass is 10.2. The van der Waals surface area contributed by atoms with Crippen molar-refractivity contribution < 1.29 is 19.7 Å². The van der Waals surface area contributed by atoms with Gasteiger partial charge < -0.3 is 19.7 Å². The lowest BCUT2D eigenvalue weighted by Crippen LogP contribution is -2.00. The lowest BCUT2D eigenvalue weighted by Gasteiger charge is -2.08. The summed E-state index contributed by atoms with van der Waals surface area (Å²) in [5.74, 6) is 1.70. The van der Waals surface area contributed by atoms with Crippen molar-refractivity contribution in [2.24, 2.45) is 0 Å². The SMILES string of the molecule is OCc1ccc(OCCCCCCOc2ccc(CO)cc2)cc1. The van der Waals surface area contributed by atoms with Crippen LogP contribution in [0.25, 0.3) is 0 Å². The minimum atomic E-state index is 0.0634. The summed E-state index contributed by atoms with van der Waals surface area (Å²) in [5, 5.41) is 18.0. The zero-order valence-corrected chi connectivity index (χ0v) is 14.0. The van der Waals surface area contributed by atoms with Gasteiger partial charge in [0.2, 0.25) is 0 Å². The average molecular weight is 330 g/mol. The molecular formula is C20H26O4. The van der Waals surface area contributed by atoms with Crippen molar-refractivity contribution in [3.05, 3.63) is 59.7 Å². The molecule has 0 aliphatic rings. The maximum Gasteiger partial charge on any atom is 0.119 e. The van der Waals surface area contributed by atoms with Crippen LogP contribution in [-0.4, -0.2) is 23.4 Å². The van der Waals surface area contributed by atoms with Crippen LogP contribution in [-0.2, 0) is 13.2 Å². The molecule has 0 fully saturated rings. The molecule has 0 aliphatic carbocycles. The van der Waals surface area contributed by atoms with E-state index in [1.807, 2.05) is 48.5 Å². The van der Waals surface area contributed by atoms with E-state index in [9.17, 15) is 0 Å². The molecule has 24 heavy (non-hydrogen) atoms. The van der Waals surface area contributed by atoms with Gasteiger partial charge in [0.25, 0.3) is 0 Å². The maximum absolute atomic E-state index is 8.98. The molecule has 0 radical (unpaired) electrons. The fourth-order valence-electron chi connectivity index (χ4n) is 2.32. The van der Waals surface area contributed by atoms with Gasteiger partial charge in [0.05, 0.1) is 26.4 Å². The maximum atomic E-state index is 8.98. The Morgan fingerprint density at radius 2 is 0.917 bits per heavy atom. The number of hydrogen-bond donors (Lipinski definition) is 2. The summed E-state index contributed by atoms with van der Waals surface area (Å²) in [4.78, 5) is 0. The molecule has 0 saturated carbocycles. The molecule has 0 saturated heterocycles. The second-order valence-electron chi connectivity index (χ2n) is 5.72. The van der Waals surface area contributed by atoms with E-state index in [1.165, 1.54) is 0 Å². The zero-order chi connectivity index (χ0) is 17.0. The van der Waals surface area contributed by atoms with E-state index >= 15 is 0 Å². The second-order valence-corrected chi connectivity index (χ2v) is 5.72. The summed E-state index contributed by atoms with van der Waals surface area (Å²) in [5.41, 5.74) is 1.79. The first-order valence-corrected chi connectivity index (χ1v) is 8.47. The summed E-state index contributed by atoms with van der Waals surface area (Å²) in [7, 11) is 0. The molecule has 2 rings (SSSR count). The predicted molar refractivity (Wildman–Crippen MR) is 94.2 cm³/mol. The molecular weight excluding hydrogens is 304 g/mol. The number of aliphatic hydroxyl groups excluding tert-OH is 2. The highest BCUT2D eigenvalue weighted by atomic mass is 16.5. The molecule has 0 unspecified atom stereocenters. The van der Waals surface area contributed by atoms with Crippen LogP contribution in [0.1, 0.15) is 36.8 Å². The van der Waals surface area contributed by atoms with Crippen molar-refractivity contribution in [3.8, 4) is 11.5 Å². The zero-order valence-electron chi connectivity index (χ0n) is 14.0. The number of ether oxygens (including phenoxy) is 2. The summed E-state index contributed by atoms with van der Waals surface area (Å²) >= 11 is 0. The van der Waals surface area contributed by atoms with Gasteiger partial charge in [-0.05, 0) is 61.1 Å². The standard InChI is InChI=1S/C20H26O4/c21-15-17-5-9-19(10-6-17)23-13-3-1-2-4-14-24-20-11-7-18(16-22)8-12-20/h5-12,21-22H,1-4,13-16H2. The van der Waals surface area contributed by atoms with Crippen LogP contribution in [0.15, 0.2) is 48.5 Å². The van der Waals surface area contributed by atoms with Gasteiger partial charge in [-0.1, -0.05) is 24.3 Å². The summed E-state index contributed by atoms with van der Waals surface area (Å²) in [6.07, 6.45) is 4.27. The smallest absolute Gasteiger partial charge is 0.119 e. The molecule has 4 nitrogen and oxygen atoms in total. The summed E-state index contributed by atoms with van der Waals surface area (Å²) in [6, 6.07) is 15.1. The highest BCUT2D eigenvalue weighted by molar-refractivity contribution is 5.27. The van der Waals surface area contributed by atoms with Crippen LogP contribution in [0.2, 0.25) is 0 Å². The molecule has 130 valence electrons. The quantitative estimate of drug-likeness (QED) is 0.617. The molecule has 4 heteroatoms. The van der Waals surface area contributed by atoms with Crippen LogP contribution in [0, 0.1) is 0 Å². The molecule has 0 bridgehead atoms. The van der Waals surface area contributed by atoms with Crippen LogP contribution in [0.4, 0.5) is 0 Å². The van der Waals surface area contributed by atoms with E-state index in [-0.39, 0.29) is 13.2 Å². The normalized spacial score (nSPS) is 10.6. The van der Waals surface area contributed by atoms with Gasteiger partial charge in [-0.2, -0.15) is 0 Å². The highest BCUT2D eigenvalue weighted by Crippen LogP contribution is 2.14. The lowest BCUT2D eigenvalue weighted by molar-refractivity contribution is 0.278. The molecule has 0 aromatic heterocycles. The summed E-state index contributed by atoms with van der Waals surface area (Å²) in [6.45, 7) is 1.55. The van der Waals surface area contributed by atoms with E-state index in [0.717, 1.165) is 48.3 Å². The fourth-order valence-corrected chi connectivity index (χ4v) is 2.32. The minimum absolute atomic E-state index is 0.0634. The fraction of sp³-hybridized carbons (Fsp3) is 0.400. The van der Waals surface area contributed by atoms with E-state index in [1.54, 1.807) is 0 Å². The van der Waals surface area contributed by atoms with Gasteiger partial charge in [0, 0.05) is 0 Å². The Bertz CT molecular complexity index is 510. The monoisotopic (exact) mass is 330 g/mol. The highest BCUT2D eigenvalue weighted by Gasteiger charge is 1.97. The third kappa shape index (κ3) is 6.60. The first kappa shape index (κ1) is 18.3. The predicted octanol–water partition coefficient (Wildman–Crippen LogP) is 3.69. The van der Waals surface area contributed by atoms with Gasteiger partial charge in [-0.15, -0.1) is 0 Å². The molecule has 2 aromatic carbocycles. The Morgan fingerprint density at radius 1 is 0.542 bits per heavy atom. The van der Waals surface area contributed by atoms with E-state index in [4.69, 9.17) is 19.7 Å². The average Bonchev–Trinajstić information content (AvgIpc) is 2.65. The van der Waals surface area contributed by atoms with E-state index < -0.39 is 0 Å². The first-order chi connectivity index (χ1) is 11.8. The molecule has 2 N–H and O–H groups in total. The van der Waals surface area contributed by atoms with Crippen LogP contribution in [0.3, 0.4) is 0 Å². The van der Waals surface area contributed by atoms with Gasteiger partial charge in [0.1, 0.15) is 11.5 Å². The van der Waals surface area contributed by atoms with Crippen LogP contribution < -0.4 is 9.47 Å². The van der Waals surface area contributed by atoms with Crippen LogP contribution >= 0.6 is 0 Å². The Hall–Kier alpha value is -2.04. The van der Waals surface area contributed by atoms with Gasteiger partial charge in [-0.3, -0.25) is 0 Å². The Morgan fingerprint density at radius 3 is 1.25 bits per heavy atom. The largest absolute Gasteiger partial charge is 0.494 e. The molecule has 0 heterocycles. The van der Waals surface area contributed by atoms with Crippen molar-refractivity contribution in [2.75, 3.05) is 13.2 Å². The number of aliphatic hydroxyl groups is 2. The van der Waals surface area contributed by atoms with Crippen LogP contribution in [0.5, 0.6) is 11.5 Å². The van der Waals surface area contributed by atoms with Gasteiger partial charge >= 0.3 is 0 Å². The molecule has 0 atom stereocenters. The third-order valence-corrected chi connectivity index (χ3v) is 3.79. The first-order valence-electron chi connectivity index (χ1n) is 8.47. The van der Waals surface area contributed by atoms with Gasteiger partial charge in [-0.25, -0.2) is 0 Å². The number of hydrogen-bond acceptors (Lipinski definition) is 4. The Balaban J connectivity index is 1.48. The van der Waals surface area contributed by atoms with Crippen molar-refractivity contribution in [1.29, 1.82) is 0 Å². The van der Waals surface area contributed by atoms with Crippen molar-refractivity contribution in [2.45, 2.75) is 38.9 Å². The topological polar surface area (TPSA) is 58.9 Å². The molecule has 0 amide bonds. The number of rotatable bonds is 11. The molecule has 0 spiro atoms. The van der Waals surface area contributed by atoms with Crippen molar-refractivity contribution >= 4 is 0 Å². The second kappa shape index (κ2) is 10.7. The minimum Gasteiger partial charge on any atom is -0.494 e. The third-order valence-electron chi connectivity index (χ3n) is 3.79. The van der Waals surface area contributed by atoms with Crippen molar-refractivity contribution in [1.82, 2.24) is 0 Å². The van der Waals surface area contributed by atoms with Gasteiger partial charge in [0.15, 0.2) is 0 Å². The Labute approximate surface area is 143 Å². The summed E-state index contributed by atoms with van der Waals surface area (Å²) < 4.78 is 11.3. The van der Waals surface area contributed by atoms with E-state index in [2.05, 4.69) is 0 Å². The Kier molecular flexibility index (Phi) is 8.15. The molecule has 2 aromatic rings. The van der Waals surface area contributed by atoms with Crippen molar-refractivity contribution in [3.63, 3.8) is 0 Å².